The second-order valence-corrected chi connectivity index (χ2v) is 6.03. The summed E-state index contributed by atoms with van der Waals surface area (Å²) in [4.78, 5) is 33.2. The van der Waals surface area contributed by atoms with Crippen LogP contribution < -0.4 is 0 Å². The topological polar surface area (TPSA) is 72.8 Å². The van der Waals surface area contributed by atoms with Gasteiger partial charge in [-0.15, -0.1) is 0 Å². The van der Waals surface area contributed by atoms with Crippen molar-refractivity contribution in [3.63, 3.8) is 0 Å². The lowest BCUT2D eigenvalue weighted by Gasteiger charge is -2.51. The van der Waals surface area contributed by atoms with Crippen LogP contribution in [-0.2, 0) is 19.4 Å². The van der Waals surface area contributed by atoms with Gasteiger partial charge >= 0.3 is 0 Å². The maximum absolute atomic E-state index is 11.8. The number of aldehydes is 1. The molecule has 5 heteroatoms. The molecule has 1 N–H and O–H groups in total. The maximum Gasteiger partial charge on any atom is 0.211 e. The first kappa shape index (κ1) is 15.4. The Morgan fingerprint density at radius 1 is 1.55 bits per heavy atom. The SMILES string of the molecule is C=C1C(O)OO[C@@]2(C=O)[C@H]1CC[C@@H](C)[C@@H]2CCC(C)=O. The quantitative estimate of drug-likeness (QED) is 0.483. The van der Waals surface area contributed by atoms with Gasteiger partial charge in [-0.25, -0.2) is 4.89 Å². The van der Waals surface area contributed by atoms with Gasteiger partial charge in [0, 0.05) is 18.3 Å². The van der Waals surface area contributed by atoms with E-state index in [2.05, 4.69) is 13.5 Å². The molecule has 2 rings (SSSR count). The molecule has 2 aliphatic rings. The second-order valence-electron chi connectivity index (χ2n) is 6.03. The van der Waals surface area contributed by atoms with Crippen molar-refractivity contribution in [3.05, 3.63) is 12.2 Å². The number of ketones is 1. The zero-order valence-electron chi connectivity index (χ0n) is 12.0. The van der Waals surface area contributed by atoms with Crippen molar-refractivity contribution in [2.75, 3.05) is 0 Å². The zero-order valence-corrected chi connectivity index (χ0v) is 12.0. The van der Waals surface area contributed by atoms with Crippen molar-refractivity contribution in [1.29, 1.82) is 0 Å². The predicted octanol–water partition coefficient (Wildman–Crippen LogP) is 1.79. The molecular formula is C15H22O5. The Kier molecular flexibility index (Phi) is 4.42. The van der Waals surface area contributed by atoms with Crippen LogP contribution in [0.2, 0.25) is 0 Å². The van der Waals surface area contributed by atoms with Gasteiger partial charge in [-0.1, -0.05) is 13.5 Å². The normalized spacial score (nSPS) is 41.0. The largest absolute Gasteiger partial charge is 0.362 e. The number of aliphatic hydroxyl groups is 1. The van der Waals surface area contributed by atoms with Crippen LogP contribution in [-0.4, -0.2) is 29.1 Å². The molecule has 5 atom stereocenters. The zero-order chi connectivity index (χ0) is 14.9. The fourth-order valence-electron chi connectivity index (χ4n) is 3.58. The van der Waals surface area contributed by atoms with Crippen molar-refractivity contribution in [1.82, 2.24) is 0 Å². The van der Waals surface area contributed by atoms with Gasteiger partial charge in [-0.05, 0) is 37.7 Å². The fourth-order valence-corrected chi connectivity index (χ4v) is 3.58. The Morgan fingerprint density at radius 2 is 2.25 bits per heavy atom. The minimum atomic E-state index is -1.19. The maximum atomic E-state index is 11.8. The molecule has 0 spiro atoms. The van der Waals surface area contributed by atoms with E-state index < -0.39 is 11.9 Å². The summed E-state index contributed by atoms with van der Waals surface area (Å²) in [7, 11) is 0. The van der Waals surface area contributed by atoms with E-state index >= 15 is 0 Å². The molecule has 0 radical (unpaired) electrons. The van der Waals surface area contributed by atoms with Crippen molar-refractivity contribution >= 4 is 12.1 Å². The molecular weight excluding hydrogens is 260 g/mol. The minimum absolute atomic E-state index is 0.0935. The lowest BCUT2D eigenvalue weighted by molar-refractivity contribution is -0.439. The number of hydrogen-bond acceptors (Lipinski definition) is 5. The molecule has 112 valence electrons. The van der Waals surface area contributed by atoms with E-state index in [1.807, 2.05) is 0 Å². The summed E-state index contributed by atoms with van der Waals surface area (Å²) in [5, 5.41) is 9.68. The number of aliphatic hydroxyl groups excluding tert-OH is 1. The van der Waals surface area contributed by atoms with E-state index in [9.17, 15) is 14.7 Å². The highest BCUT2D eigenvalue weighted by Gasteiger charge is 2.57. The molecule has 0 aromatic heterocycles. The number of rotatable bonds is 4. The summed E-state index contributed by atoms with van der Waals surface area (Å²) < 4.78 is 0. The molecule has 1 aliphatic heterocycles. The first-order valence-electron chi connectivity index (χ1n) is 7.09. The van der Waals surface area contributed by atoms with E-state index in [0.29, 0.717) is 18.4 Å². The van der Waals surface area contributed by atoms with E-state index in [1.165, 1.54) is 0 Å². The van der Waals surface area contributed by atoms with Crippen LogP contribution in [0, 0.1) is 17.8 Å². The van der Waals surface area contributed by atoms with E-state index in [4.69, 9.17) is 9.78 Å². The third-order valence-electron chi connectivity index (χ3n) is 4.76. The number of hydrogen-bond donors (Lipinski definition) is 1. The summed E-state index contributed by atoms with van der Waals surface area (Å²) >= 11 is 0. The standard InChI is InChI=1S/C15H22O5/c1-9-4-6-13-11(3)14(18)19-20-15(13,8-16)12(9)7-5-10(2)17/h8-9,12-14,18H,3-7H2,1-2H3/t9-,12+,13+,14?,15-/m1/s1. The predicted molar refractivity (Wildman–Crippen MR) is 71.4 cm³/mol. The Balaban J connectivity index is 2.30. The number of carbonyl (C=O) groups is 2. The Labute approximate surface area is 118 Å². The molecule has 1 heterocycles. The van der Waals surface area contributed by atoms with Crippen LogP contribution in [0.25, 0.3) is 0 Å². The third-order valence-corrected chi connectivity index (χ3v) is 4.76. The van der Waals surface area contributed by atoms with Crippen LogP contribution >= 0.6 is 0 Å². The summed E-state index contributed by atoms with van der Waals surface area (Å²) in [6.07, 6.45) is 2.23. The van der Waals surface area contributed by atoms with Crippen LogP contribution in [0.5, 0.6) is 0 Å². The highest BCUT2D eigenvalue weighted by molar-refractivity contribution is 5.75. The lowest BCUT2D eigenvalue weighted by atomic mass is 9.61. The first-order valence-corrected chi connectivity index (χ1v) is 7.09. The van der Waals surface area contributed by atoms with Crippen molar-refractivity contribution in [3.8, 4) is 0 Å². The van der Waals surface area contributed by atoms with Crippen molar-refractivity contribution < 1.29 is 24.5 Å². The van der Waals surface area contributed by atoms with Crippen molar-refractivity contribution in [2.45, 2.75) is 51.4 Å². The van der Waals surface area contributed by atoms with Gasteiger partial charge in [0.05, 0.1) is 0 Å². The third kappa shape index (κ3) is 2.45. The summed E-state index contributed by atoms with van der Waals surface area (Å²) in [5.41, 5.74) is -0.633. The molecule has 0 bridgehead atoms. The highest BCUT2D eigenvalue weighted by Crippen LogP contribution is 2.50. The van der Waals surface area contributed by atoms with Crippen LogP contribution in [0.1, 0.15) is 39.5 Å². The molecule has 5 nitrogen and oxygen atoms in total. The van der Waals surface area contributed by atoms with Crippen LogP contribution in [0.15, 0.2) is 12.2 Å². The fraction of sp³-hybridized carbons (Fsp3) is 0.733. The molecule has 20 heavy (non-hydrogen) atoms. The Hall–Kier alpha value is -1.04. The summed E-state index contributed by atoms with van der Waals surface area (Å²) in [5.74, 6) is -0.0118. The highest BCUT2D eigenvalue weighted by atomic mass is 17.2. The second kappa shape index (κ2) is 5.76. The molecule has 0 amide bonds. The molecule has 0 aromatic rings. The Bertz CT molecular complexity index is 418. The smallest absolute Gasteiger partial charge is 0.211 e. The van der Waals surface area contributed by atoms with Gasteiger partial charge in [0.2, 0.25) is 6.29 Å². The van der Waals surface area contributed by atoms with E-state index in [1.54, 1.807) is 6.92 Å². The van der Waals surface area contributed by atoms with Gasteiger partial charge in [0.15, 0.2) is 11.9 Å². The number of carbonyl (C=O) groups excluding carboxylic acids is 2. The van der Waals surface area contributed by atoms with E-state index in [-0.39, 0.29) is 23.5 Å². The monoisotopic (exact) mass is 282 g/mol. The number of Topliss-reactive ketones (excluding diaryl/α,β-unsaturated/α-hetero) is 1. The molecule has 1 unspecified atom stereocenters. The Morgan fingerprint density at radius 3 is 2.85 bits per heavy atom. The minimum Gasteiger partial charge on any atom is -0.362 e. The molecule has 1 aliphatic carbocycles. The summed E-state index contributed by atoms with van der Waals surface area (Å²) in [6, 6.07) is 0. The molecule has 1 saturated heterocycles. The summed E-state index contributed by atoms with van der Waals surface area (Å²) in [6.45, 7) is 7.45. The lowest BCUT2D eigenvalue weighted by Crippen LogP contribution is -2.59. The molecule has 1 saturated carbocycles. The molecule has 0 aromatic carbocycles. The first-order chi connectivity index (χ1) is 9.42. The van der Waals surface area contributed by atoms with Gasteiger partial charge in [0.25, 0.3) is 0 Å². The van der Waals surface area contributed by atoms with Gasteiger partial charge in [-0.3, -0.25) is 4.79 Å². The van der Waals surface area contributed by atoms with Gasteiger partial charge < -0.3 is 9.90 Å². The number of fused-ring (bicyclic) bond motifs is 1. The van der Waals surface area contributed by atoms with Crippen molar-refractivity contribution in [2.24, 2.45) is 17.8 Å². The average molecular weight is 282 g/mol. The van der Waals surface area contributed by atoms with E-state index in [0.717, 1.165) is 19.1 Å². The average Bonchev–Trinajstić information content (AvgIpc) is 2.41. The van der Waals surface area contributed by atoms with Crippen LogP contribution in [0.4, 0.5) is 0 Å². The van der Waals surface area contributed by atoms with Gasteiger partial charge in [0.1, 0.15) is 5.78 Å². The van der Waals surface area contributed by atoms with Crippen LogP contribution in [0.3, 0.4) is 0 Å². The van der Waals surface area contributed by atoms with Gasteiger partial charge in [-0.2, -0.15) is 4.89 Å². The molecule has 2 fully saturated rings.